The molecule has 0 saturated carbocycles. The van der Waals surface area contributed by atoms with Gasteiger partial charge in [-0.25, -0.2) is 0 Å². The third kappa shape index (κ3) is 3.90. The number of hydrogen-bond donors (Lipinski definition) is 0. The van der Waals surface area contributed by atoms with E-state index in [-0.39, 0.29) is 12.4 Å². The molecule has 0 unspecified atom stereocenters. The van der Waals surface area contributed by atoms with Crippen molar-refractivity contribution in [1.29, 1.82) is 0 Å². The first-order valence-electron chi connectivity index (χ1n) is 5.96. The molecule has 0 aromatic heterocycles. The highest BCUT2D eigenvalue weighted by atomic mass is 79.9. The first-order valence-corrected chi connectivity index (χ1v) is 7.51. The number of rotatable bonds is 5. The van der Waals surface area contributed by atoms with E-state index in [0.717, 1.165) is 0 Å². The highest BCUT2D eigenvalue weighted by Crippen LogP contribution is 2.31. The second kappa shape index (κ2) is 7.16. The molecule has 2 aromatic carbocycles. The topological polar surface area (TPSA) is 35.5 Å². The lowest BCUT2D eigenvalue weighted by Crippen LogP contribution is -2.12. The molecule has 6 heteroatoms. The molecular formula is C15H11BrCl2O3. The van der Waals surface area contributed by atoms with E-state index in [1.54, 1.807) is 43.5 Å². The number of carbonyl (C=O) groups excluding carboxylic acids is 1. The van der Waals surface area contributed by atoms with Crippen LogP contribution in [0.3, 0.4) is 0 Å². The first-order chi connectivity index (χ1) is 10.0. The summed E-state index contributed by atoms with van der Waals surface area (Å²) in [6.45, 7) is -0.126. The number of ether oxygens (including phenoxy) is 2. The summed E-state index contributed by atoms with van der Waals surface area (Å²) in [7, 11) is 1.56. The van der Waals surface area contributed by atoms with Gasteiger partial charge in [-0.15, -0.1) is 0 Å². The Morgan fingerprint density at radius 3 is 2.62 bits per heavy atom. The highest BCUT2D eigenvalue weighted by Gasteiger charge is 2.12. The fraction of sp³-hybridized carbons (Fsp3) is 0.133. The Morgan fingerprint density at radius 2 is 1.95 bits per heavy atom. The lowest BCUT2D eigenvalue weighted by atomic mass is 10.1. The Labute approximate surface area is 140 Å². The molecule has 0 N–H and O–H groups in total. The normalized spacial score (nSPS) is 10.3. The summed E-state index contributed by atoms with van der Waals surface area (Å²) in [6.07, 6.45) is 0. The quantitative estimate of drug-likeness (QED) is 0.673. The molecule has 21 heavy (non-hydrogen) atoms. The monoisotopic (exact) mass is 388 g/mol. The predicted octanol–water partition coefficient (Wildman–Crippen LogP) is 5.03. The molecule has 0 heterocycles. The second-order valence-electron chi connectivity index (χ2n) is 4.11. The van der Waals surface area contributed by atoms with Crippen molar-refractivity contribution >= 4 is 44.9 Å². The molecule has 0 aliphatic carbocycles. The fourth-order valence-corrected chi connectivity index (χ4v) is 2.55. The Morgan fingerprint density at radius 1 is 1.19 bits per heavy atom. The van der Waals surface area contributed by atoms with Crippen molar-refractivity contribution in [3.63, 3.8) is 0 Å². The Kier molecular flexibility index (Phi) is 5.51. The van der Waals surface area contributed by atoms with Crippen LogP contribution in [-0.4, -0.2) is 19.5 Å². The van der Waals surface area contributed by atoms with Gasteiger partial charge in [0, 0.05) is 5.56 Å². The summed E-state index contributed by atoms with van der Waals surface area (Å²) >= 11 is 15.2. The van der Waals surface area contributed by atoms with Crippen LogP contribution >= 0.6 is 39.1 Å². The predicted molar refractivity (Wildman–Crippen MR) is 87.0 cm³/mol. The van der Waals surface area contributed by atoms with Gasteiger partial charge in [-0.05, 0) is 46.3 Å². The van der Waals surface area contributed by atoms with E-state index in [0.29, 0.717) is 31.6 Å². The van der Waals surface area contributed by atoms with Gasteiger partial charge >= 0.3 is 0 Å². The highest BCUT2D eigenvalue weighted by molar-refractivity contribution is 9.10. The van der Waals surface area contributed by atoms with Gasteiger partial charge in [-0.2, -0.15) is 0 Å². The van der Waals surface area contributed by atoms with E-state index < -0.39 is 0 Å². The van der Waals surface area contributed by atoms with Crippen LogP contribution in [0.2, 0.25) is 10.0 Å². The SMILES string of the molecule is COc1ccc(C(=O)COc2cccc(Cl)c2Cl)cc1Br. The zero-order chi connectivity index (χ0) is 15.4. The van der Waals surface area contributed by atoms with Crippen molar-refractivity contribution in [1.82, 2.24) is 0 Å². The Bertz CT molecular complexity index is 674. The average Bonchev–Trinajstić information content (AvgIpc) is 2.48. The number of benzene rings is 2. The van der Waals surface area contributed by atoms with Crippen LogP contribution in [0.4, 0.5) is 0 Å². The van der Waals surface area contributed by atoms with Crippen molar-refractivity contribution in [2.75, 3.05) is 13.7 Å². The number of ketones is 1. The molecule has 0 saturated heterocycles. The molecule has 0 aliphatic heterocycles. The van der Waals surface area contributed by atoms with Crippen molar-refractivity contribution in [2.24, 2.45) is 0 Å². The molecule has 0 bridgehead atoms. The minimum Gasteiger partial charge on any atom is -0.496 e. The van der Waals surface area contributed by atoms with Crippen LogP contribution in [0, 0.1) is 0 Å². The summed E-state index contributed by atoms with van der Waals surface area (Å²) in [5.74, 6) is 0.866. The molecular weight excluding hydrogens is 379 g/mol. The maximum absolute atomic E-state index is 12.1. The molecule has 0 radical (unpaired) electrons. The standard InChI is InChI=1S/C15H11BrCl2O3/c1-20-13-6-5-9(7-10(13)16)12(19)8-21-14-4-2-3-11(17)15(14)18/h2-7H,8H2,1H3. The molecule has 0 atom stereocenters. The number of carbonyl (C=O) groups is 1. The summed E-state index contributed by atoms with van der Waals surface area (Å²) in [5, 5.41) is 0.677. The maximum Gasteiger partial charge on any atom is 0.200 e. The van der Waals surface area contributed by atoms with Crippen LogP contribution < -0.4 is 9.47 Å². The van der Waals surface area contributed by atoms with Crippen LogP contribution in [0.1, 0.15) is 10.4 Å². The van der Waals surface area contributed by atoms with E-state index in [2.05, 4.69) is 15.9 Å². The molecule has 0 aliphatic rings. The zero-order valence-corrected chi connectivity index (χ0v) is 14.1. The van der Waals surface area contributed by atoms with Gasteiger partial charge in [-0.1, -0.05) is 29.3 Å². The number of hydrogen-bond acceptors (Lipinski definition) is 3. The van der Waals surface area contributed by atoms with E-state index in [9.17, 15) is 4.79 Å². The lowest BCUT2D eigenvalue weighted by molar-refractivity contribution is 0.0921. The van der Waals surface area contributed by atoms with Gasteiger partial charge in [0.2, 0.25) is 0 Å². The first kappa shape index (κ1) is 16.1. The second-order valence-corrected chi connectivity index (χ2v) is 5.75. The van der Waals surface area contributed by atoms with Crippen LogP contribution in [0.25, 0.3) is 0 Å². The van der Waals surface area contributed by atoms with Crippen molar-refractivity contribution in [3.8, 4) is 11.5 Å². The molecule has 0 amide bonds. The van der Waals surface area contributed by atoms with Crippen molar-refractivity contribution in [3.05, 3.63) is 56.5 Å². The number of Topliss-reactive ketones (excluding diaryl/α,β-unsaturated/α-hetero) is 1. The van der Waals surface area contributed by atoms with Gasteiger partial charge in [0.05, 0.1) is 16.6 Å². The third-order valence-corrected chi connectivity index (χ3v) is 4.17. The lowest BCUT2D eigenvalue weighted by Gasteiger charge is -2.09. The zero-order valence-electron chi connectivity index (χ0n) is 11.0. The molecule has 110 valence electrons. The Hall–Kier alpha value is -1.23. The summed E-state index contributed by atoms with van der Waals surface area (Å²) in [4.78, 5) is 12.1. The van der Waals surface area contributed by atoms with Crippen LogP contribution in [0.15, 0.2) is 40.9 Å². The van der Waals surface area contributed by atoms with Crippen LogP contribution in [0.5, 0.6) is 11.5 Å². The molecule has 2 rings (SSSR count). The van der Waals surface area contributed by atoms with Gasteiger partial charge in [0.1, 0.15) is 16.5 Å². The van der Waals surface area contributed by atoms with E-state index in [1.807, 2.05) is 0 Å². The van der Waals surface area contributed by atoms with Crippen molar-refractivity contribution < 1.29 is 14.3 Å². The summed E-state index contributed by atoms with van der Waals surface area (Å²) < 4.78 is 11.2. The van der Waals surface area contributed by atoms with Crippen molar-refractivity contribution in [2.45, 2.75) is 0 Å². The van der Waals surface area contributed by atoms with Gasteiger partial charge in [0.15, 0.2) is 12.4 Å². The molecule has 0 fully saturated rings. The number of halogens is 3. The smallest absolute Gasteiger partial charge is 0.200 e. The minimum absolute atomic E-state index is 0.126. The van der Waals surface area contributed by atoms with Gasteiger partial charge < -0.3 is 9.47 Å². The fourth-order valence-electron chi connectivity index (χ4n) is 1.66. The Balaban J connectivity index is 2.08. The number of methoxy groups -OCH3 is 1. The van der Waals surface area contributed by atoms with Gasteiger partial charge in [-0.3, -0.25) is 4.79 Å². The molecule has 3 nitrogen and oxygen atoms in total. The summed E-state index contributed by atoms with van der Waals surface area (Å²) in [6, 6.07) is 10.1. The summed E-state index contributed by atoms with van der Waals surface area (Å²) in [5.41, 5.74) is 0.515. The average molecular weight is 390 g/mol. The van der Waals surface area contributed by atoms with Gasteiger partial charge in [0.25, 0.3) is 0 Å². The maximum atomic E-state index is 12.1. The minimum atomic E-state index is -0.172. The third-order valence-electron chi connectivity index (χ3n) is 2.75. The van der Waals surface area contributed by atoms with Crippen LogP contribution in [-0.2, 0) is 0 Å². The largest absolute Gasteiger partial charge is 0.496 e. The van der Waals surface area contributed by atoms with E-state index in [4.69, 9.17) is 32.7 Å². The van der Waals surface area contributed by atoms with E-state index in [1.165, 1.54) is 0 Å². The van der Waals surface area contributed by atoms with E-state index >= 15 is 0 Å². The molecule has 0 spiro atoms. The molecule has 2 aromatic rings.